The van der Waals surface area contributed by atoms with Gasteiger partial charge < -0.3 is 4.74 Å². The van der Waals surface area contributed by atoms with E-state index in [1.165, 1.54) is 18.9 Å². The number of esters is 1. The fourth-order valence-corrected chi connectivity index (χ4v) is 0.823. The van der Waals surface area contributed by atoms with E-state index in [1.807, 2.05) is 13.0 Å². The van der Waals surface area contributed by atoms with Crippen molar-refractivity contribution in [1.29, 1.82) is 0 Å². The zero-order valence-electron chi connectivity index (χ0n) is 7.09. The fourth-order valence-electron chi connectivity index (χ4n) is 0.823. The number of hydrogen-bond acceptors (Lipinski definition) is 2. The van der Waals surface area contributed by atoms with Crippen LogP contribution >= 0.6 is 0 Å². The normalized spacial score (nSPS) is 20.2. The molecule has 0 aromatic heterocycles. The maximum absolute atomic E-state index is 10.8. The Hall–Kier alpha value is -0.790. The number of carbonyl (C=O) groups is 1. The maximum atomic E-state index is 10.8. The standard InChI is InChI=1S/C9H14O2/c1-3-11-8(10)4-5-9(2)6-7-9/h4-5H,3,6-7H2,1-2H3/b5-4+. The Morgan fingerprint density at radius 1 is 1.64 bits per heavy atom. The molecule has 1 aliphatic carbocycles. The van der Waals surface area contributed by atoms with Crippen LogP contribution in [-0.4, -0.2) is 12.6 Å². The van der Waals surface area contributed by atoms with Crippen LogP contribution in [-0.2, 0) is 9.53 Å². The second kappa shape index (κ2) is 3.07. The van der Waals surface area contributed by atoms with E-state index < -0.39 is 0 Å². The average molecular weight is 154 g/mol. The third-order valence-electron chi connectivity index (χ3n) is 1.95. The number of ether oxygens (including phenoxy) is 1. The van der Waals surface area contributed by atoms with Crippen LogP contribution < -0.4 is 0 Å². The molecule has 0 N–H and O–H groups in total. The molecule has 0 saturated heterocycles. The Bertz CT molecular complexity index is 178. The van der Waals surface area contributed by atoms with Gasteiger partial charge in [0, 0.05) is 6.08 Å². The number of carbonyl (C=O) groups excluding carboxylic acids is 1. The lowest BCUT2D eigenvalue weighted by atomic mass is 10.1. The summed E-state index contributed by atoms with van der Waals surface area (Å²) in [6.45, 7) is 4.41. The highest BCUT2D eigenvalue weighted by Gasteiger charge is 2.34. The van der Waals surface area contributed by atoms with Gasteiger partial charge in [-0.1, -0.05) is 13.0 Å². The molecule has 0 spiro atoms. The quantitative estimate of drug-likeness (QED) is 0.458. The Morgan fingerprint density at radius 2 is 2.27 bits per heavy atom. The summed E-state index contributed by atoms with van der Waals surface area (Å²) >= 11 is 0. The summed E-state index contributed by atoms with van der Waals surface area (Å²) in [5, 5.41) is 0. The second-order valence-corrected chi connectivity index (χ2v) is 3.24. The molecule has 0 bridgehead atoms. The molecule has 2 heteroatoms. The van der Waals surface area contributed by atoms with Crippen molar-refractivity contribution < 1.29 is 9.53 Å². The summed E-state index contributed by atoms with van der Waals surface area (Å²) in [6, 6.07) is 0. The van der Waals surface area contributed by atoms with Crippen molar-refractivity contribution in [2.24, 2.45) is 5.41 Å². The Kier molecular flexibility index (Phi) is 2.32. The van der Waals surface area contributed by atoms with E-state index in [0.717, 1.165) is 0 Å². The summed E-state index contributed by atoms with van der Waals surface area (Å²) < 4.78 is 4.74. The van der Waals surface area contributed by atoms with E-state index in [1.54, 1.807) is 0 Å². The van der Waals surface area contributed by atoms with Crippen LogP contribution in [0.5, 0.6) is 0 Å². The van der Waals surface area contributed by atoms with Gasteiger partial charge in [-0.2, -0.15) is 0 Å². The lowest BCUT2D eigenvalue weighted by molar-refractivity contribution is -0.137. The predicted octanol–water partition coefficient (Wildman–Crippen LogP) is 1.91. The molecule has 1 saturated carbocycles. The van der Waals surface area contributed by atoms with E-state index >= 15 is 0 Å². The third-order valence-corrected chi connectivity index (χ3v) is 1.95. The molecule has 11 heavy (non-hydrogen) atoms. The van der Waals surface area contributed by atoms with Gasteiger partial charge in [0.1, 0.15) is 0 Å². The smallest absolute Gasteiger partial charge is 0.330 e. The zero-order valence-corrected chi connectivity index (χ0v) is 7.09. The van der Waals surface area contributed by atoms with Crippen molar-refractivity contribution in [2.45, 2.75) is 26.7 Å². The molecular weight excluding hydrogens is 140 g/mol. The number of hydrogen-bond donors (Lipinski definition) is 0. The van der Waals surface area contributed by atoms with Gasteiger partial charge in [0.15, 0.2) is 0 Å². The van der Waals surface area contributed by atoms with Gasteiger partial charge in [-0.15, -0.1) is 0 Å². The summed E-state index contributed by atoms with van der Waals surface area (Å²) in [4.78, 5) is 10.8. The predicted molar refractivity (Wildman–Crippen MR) is 43.1 cm³/mol. The minimum absolute atomic E-state index is 0.222. The Balaban J connectivity index is 2.28. The largest absolute Gasteiger partial charge is 0.463 e. The molecule has 0 aliphatic heterocycles. The first-order valence-electron chi connectivity index (χ1n) is 4.02. The zero-order chi connectivity index (χ0) is 8.32. The summed E-state index contributed by atoms with van der Waals surface area (Å²) in [5.74, 6) is -0.222. The van der Waals surface area contributed by atoms with Crippen LogP contribution in [0.1, 0.15) is 26.7 Å². The fraction of sp³-hybridized carbons (Fsp3) is 0.667. The first kappa shape index (κ1) is 8.31. The van der Waals surface area contributed by atoms with Gasteiger partial charge in [0.2, 0.25) is 0 Å². The van der Waals surface area contributed by atoms with Gasteiger partial charge in [0.25, 0.3) is 0 Å². The lowest BCUT2D eigenvalue weighted by Gasteiger charge is -1.98. The average Bonchev–Trinajstić information content (AvgIpc) is 2.66. The monoisotopic (exact) mass is 154 g/mol. The van der Waals surface area contributed by atoms with E-state index in [2.05, 4.69) is 6.92 Å². The highest BCUT2D eigenvalue weighted by Crippen LogP contribution is 2.46. The van der Waals surface area contributed by atoms with Gasteiger partial charge in [-0.3, -0.25) is 0 Å². The van der Waals surface area contributed by atoms with E-state index in [0.29, 0.717) is 12.0 Å². The van der Waals surface area contributed by atoms with Gasteiger partial charge in [-0.05, 0) is 25.2 Å². The second-order valence-electron chi connectivity index (χ2n) is 3.24. The van der Waals surface area contributed by atoms with Crippen molar-refractivity contribution in [2.75, 3.05) is 6.61 Å². The molecule has 1 fully saturated rings. The van der Waals surface area contributed by atoms with Crippen LogP contribution in [0.15, 0.2) is 12.2 Å². The molecular formula is C9H14O2. The van der Waals surface area contributed by atoms with Crippen LogP contribution in [0.2, 0.25) is 0 Å². The minimum Gasteiger partial charge on any atom is -0.463 e. The Morgan fingerprint density at radius 3 is 2.73 bits per heavy atom. The SMILES string of the molecule is CCOC(=O)/C=C/C1(C)CC1. The molecule has 0 atom stereocenters. The van der Waals surface area contributed by atoms with Gasteiger partial charge in [0.05, 0.1) is 6.61 Å². The van der Waals surface area contributed by atoms with Crippen LogP contribution in [0.3, 0.4) is 0 Å². The van der Waals surface area contributed by atoms with E-state index in [-0.39, 0.29) is 5.97 Å². The van der Waals surface area contributed by atoms with Gasteiger partial charge >= 0.3 is 5.97 Å². The molecule has 0 amide bonds. The van der Waals surface area contributed by atoms with Crippen molar-refractivity contribution in [1.82, 2.24) is 0 Å². The molecule has 62 valence electrons. The van der Waals surface area contributed by atoms with Crippen LogP contribution in [0, 0.1) is 5.41 Å². The van der Waals surface area contributed by atoms with Crippen molar-refractivity contribution in [3.63, 3.8) is 0 Å². The summed E-state index contributed by atoms with van der Waals surface area (Å²) in [5.41, 5.74) is 0.298. The molecule has 0 radical (unpaired) electrons. The van der Waals surface area contributed by atoms with E-state index in [9.17, 15) is 4.79 Å². The first-order valence-corrected chi connectivity index (χ1v) is 4.02. The molecule has 0 unspecified atom stereocenters. The minimum atomic E-state index is -0.222. The molecule has 1 aliphatic rings. The molecule has 0 aromatic rings. The third kappa shape index (κ3) is 2.74. The highest BCUT2D eigenvalue weighted by atomic mass is 16.5. The van der Waals surface area contributed by atoms with Crippen molar-refractivity contribution >= 4 is 5.97 Å². The maximum Gasteiger partial charge on any atom is 0.330 e. The molecule has 2 nitrogen and oxygen atoms in total. The molecule has 0 heterocycles. The van der Waals surface area contributed by atoms with E-state index in [4.69, 9.17) is 4.74 Å². The van der Waals surface area contributed by atoms with Crippen LogP contribution in [0.25, 0.3) is 0 Å². The van der Waals surface area contributed by atoms with Crippen molar-refractivity contribution in [3.05, 3.63) is 12.2 Å². The first-order chi connectivity index (χ1) is 5.16. The highest BCUT2D eigenvalue weighted by molar-refractivity contribution is 5.82. The Labute approximate surface area is 67.2 Å². The number of rotatable bonds is 3. The number of allylic oxidation sites excluding steroid dienone is 1. The van der Waals surface area contributed by atoms with Crippen molar-refractivity contribution in [3.8, 4) is 0 Å². The molecule has 0 aromatic carbocycles. The van der Waals surface area contributed by atoms with Gasteiger partial charge in [-0.25, -0.2) is 4.79 Å². The summed E-state index contributed by atoms with van der Waals surface area (Å²) in [7, 11) is 0. The lowest BCUT2D eigenvalue weighted by Crippen LogP contribution is -2.00. The molecule has 1 rings (SSSR count). The van der Waals surface area contributed by atoms with Crippen LogP contribution in [0.4, 0.5) is 0 Å². The topological polar surface area (TPSA) is 26.3 Å². The summed E-state index contributed by atoms with van der Waals surface area (Å²) in [6.07, 6.45) is 5.88.